The third kappa shape index (κ3) is 6.32. The first-order valence-electron chi connectivity index (χ1n) is 10.5. The van der Waals surface area contributed by atoms with E-state index in [1.165, 1.54) is 69.4 Å². The maximum absolute atomic E-state index is 4.46. The minimum atomic E-state index is 0. The summed E-state index contributed by atoms with van der Waals surface area (Å²) >= 11 is 0. The number of likely N-dealkylation sites (tertiary alicyclic amines) is 2. The Labute approximate surface area is 188 Å². The lowest BCUT2D eigenvalue weighted by molar-refractivity contribution is 0.0173. The molecule has 0 amide bonds. The number of rotatable bonds is 5. The van der Waals surface area contributed by atoms with Crippen LogP contribution in [0, 0.1) is 6.92 Å². The van der Waals surface area contributed by atoms with Crippen LogP contribution in [0.1, 0.15) is 43.2 Å². The van der Waals surface area contributed by atoms with Gasteiger partial charge in [-0.3, -0.25) is 9.89 Å². The number of aliphatic imine (C=N–C) groups is 1. The van der Waals surface area contributed by atoms with Crippen molar-refractivity contribution in [1.82, 2.24) is 20.4 Å². The molecule has 3 rings (SSSR count). The molecule has 0 unspecified atom stereocenters. The molecule has 2 aliphatic rings. The monoisotopic (exact) mass is 499 g/mol. The van der Waals surface area contributed by atoms with Gasteiger partial charge in [-0.1, -0.05) is 36.2 Å². The Kier molecular flexibility index (Phi) is 9.50. The molecule has 1 aromatic rings. The zero-order valence-electron chi connectivity index (χ0n) is 17.8. The van der Waals surface area contributed by atoms with Crippen molar-refractivity contribution in [2.75, 3.05) is 46.8 Å². The first-order valence-corrected chi connectivity index (χ1v) is 10.5. The molecule has 158 valence electrons. The average molecular weight is 499 g/mol. The Morgan fingerprint density at radius 3 is 2.25 bits per heavy atom. The SMILES string of the molecule is CN=C(NCc1ccc(C)cc1)NCC1(N2CCCCC2)CCN(C)CC1.I. The van der Waals surface area contributed by atoms with Crippen LogP contribution < -0.4 is 10.6 Å². The van der Waals surface area contributed by atoms with Gasteiger partial charge in [-0.25, -0.2) is 0 Å². The van der Waals surface area contributed by atoms with Crippen molar-refractivity contribution in [1.29, 1.82) is 0 Å². The highest BCUT2D eigenvalue weighted by Crippen LogP contribution is 2.30. The predicted molar refractivity (Wildman–Crippen MR) is 130 cm³/mol. The number of hydrogen-bond acceptors (Lipinski definition) is 3. The molecule has 2 fully saturated rings. The summed E-state index contributed by atoms with van der Waals surface area (Å²) in [7, 11) is 4.11. The van der Waals surface area contributed by atoms with Crippen molar-refractivity contribution in [3.05, 3.63) is 35.4 Å². The van der Waals surface area contributed by atoms with Crippen LogP contribution in [0.2, 0.25) is 0 Å². The topological polar surface area (TPSA) is 42.9 Å². The normalized spacial score (nSPS) is 21.0. The number of nitrogens with zero attached hydrogens (tertiary/aromatic N) is 3. The van der Waals surface area contributed by atoms with Gasteiger partial charge >= 0.3 is 0 Å². The van der Waals surface area contributed by atoms with E-state index in [4.69, 9.17) is 0 Å². The Balaban J connectivity index is 0.00000280. The van der Waals surface area contributed by atoms with Gasteiger partial charge in [0.2, 0.25) is 0 Å². The molecule has 2 aliphatic heterocycles. The fourth-order valence-corrected chi connectivity index (χ4v) is 4.37. The molecule has 0 aromatic heterocycles. The molecule has 0 atom stereocenters. The van der Waals surface area contributed by atoms with Gasteiger partial charge in [0.25, 0.3) is 0 Å². The Morgan fingerprint density at radius 2 is 1.64 bits per heavy atom. The van der Waals surface area contributed by atoms with Crippen LogP contribution in [-0.2, 0) is 6.54 Å². The van der Waals surface area contributed by atoms with Gasteiger partial charge in [0.05, 0.1) is 0 Å². The number of benzene rings is 1. The van der Waals surface area contributed by atoms with E-state index in [0.717, 1.165) is 19.0 Å². The minimum absolute atomic E-state index is 0. The van der Waals surface area contributed by atoms with E-state index in [2.05, 4.69) is 63.7 Å². The van der Waals surface area contributed by atoms with Crippen molar-refractivity contribution >= 4 is 29.9 Å². The summed E-state index contributed by atoms with van der Waals surface area (Å²) in [6.45, 7) is 8.79. The molecule has 2 heterocycles. The molecule has 0 saturated carbocycles. The molecule has 2 saturated heterocycles. The molecular formula is C22H38IN5. The van der Waals surface area contributed by atoms with E-state index in [1.54, 1.807) is 0 Å². The molecule has 0 aliphatic carbocycles. The third-order valence-electron chi connectivity index (χ3n) is 6.33. The predicted octanol–water partition coefficient (Wildman–Crippen LogP) is 3.23. The van der Waals surface area contributed by atoms with E-state index >= 15 is 0 Å². The van der Waals surface area contributed by atoms with Crippen molar-refractivity contribution in [2.45, 2.75) is 51.1 Å². The van der Waals surface area contributed by atoms with Gasteiger partial charge in [-0.2, -0.15) is 0 Å². The van der Waals surface area contributed by atoms with Crippen LogP contribution in [0.25, 0.3) is 0 Å². The number of piperidine rings is 2. The Hall–Kier alpha value is -0.860. The van der Waals surface area contributed by atoms with Gasteiger partial charge in [-0.15, -0.1) is 24.0 Å². The van der Waals surface area contributed by atoms with Gasteiger partial charge in [-0.05, 0) is 71.4 Å². The van der Waals surface area contributed by atoms with E-state index in [0.29, 0.717) is 0 Å². The summed E-state index contributed by atoms with van der Waals surface area (Å²) in [6.07, 6.45) is 6.56. The standard InChI is InChI=1S/C22H37N5.HI/c1-19-7-9-20(10-8-19)17-24-21(23-2)25-18-22(11-15-26(3)16-12-22)27-13-5-4-6-14-27;/h7-10H,4-6,11-18H2,1-3H3,(H2,23,24,25);1H. The lowest BCUT2D eigenvalue weighted by atomic mass is 9.84. The molecule has 28 heavy (non-hydrogen) atoms. The number of hydrogen-bond donors (Lipinski definition) is 2. The first-order chi connectivity index (χ1) is 13.1. The van der Waals surface area contributed by atoms with Crippen LogP contribution in [-0.4, -0.2) is 68.1 Å². The lowest BCUT2D eigenvalue weighted by Gasteiger charge is -2.50. The fraction of sp³-hybridized carbons (Fsp3) is 0.682. The zero-order valence-corrected chi connectivity index (χ0v) is 20.2. The summed E-state index contributed by atoms with van der Waals surface area (Å²) < 4.78 is 0. The Bertz CT molecular complexity index is 602. The highest BCUT2D eigenvalue weighted by molar-refractivity contribution is 14.0. The summed E-state index contributed by atoms with van der Waals surface area (Å²) in [5, 5.41) is 7.14. The summed E-state index contributed by atoms with van der Waals surface area (Å²) in [6, 6.07) is 8.69. The summed E-state index contributed by atoms with van der Waals surface area (Å²) in [5.74, 6) is 0.908. The number of guanidine groups is 1. The van der Waals surface area contributed by atoms with Crippen LogP contribution in [0.15, 0.2) is 29.3 Å². The van der Waals surface area contributed by atoms with E-state index < -0.39 is 0 Å². The smallest absolute Gasteiger partial charge is 0.191 e. The fourth-order valence-electron chi connectivity index (χ4n) is 4.37. The zero-order chi connectivity index (χ0) is 19.1. The molecule has 0 bridgehead atoms. The average Bonchev–Trinajstić information content (AvgIpc) is 2.71. The van der Waals surface area contributed by atoms with Gasteiger partial charge in [0, 0.05) is 25.7 Å². The van der Waals surface area contributed by atoms with Gasteiger partial charge in [0.1, 0.15) is 0 Å². The second kappa shape index (κ2) is 11.4. The van der Waals surface area contributed by atoms with Gasteiger partial charge < -0.3 is 15.5 Å². The highest BCUT2D eigenvalue weighted by Gasteiger charge is 2.39. The van der Waals surface area contributed by atoms with E-state index in [9.17, 15) is 0 Å². The van der Waals surface area contributed by atoms with Crippen molar-refractivity contribution in [3.8, 4) is 0 Å². The number of nitrogens with one attached hydrogen (secondary N) is 2. The van der Waals surface area contributed by atoms with E-state index in [1.807, 2.05) is 7.05 Å². The molecular weight excluding hydrogens is 461 g/mol. The largest absolute Gasteiger partial charge is 0.355 e. The quantitative estimate of drug-likeness (QED) is 0.371. The molecule has 2 N–H and O–H groups in total. The second-order valence-electron chi connectivity index (χ2n) is 8.34. The second-order valence-corrected chi connectivity index (χ2v) is 8.34. The molecule has 6 heteroatoms. The summed E-state index contributed by atoms with van der Waals surface area (Å²) in [5.41, 5.74) is 2.86. The van der Waals surface area contributed by atoms with Crippen molar-refractivity contribution < 1.29 is 0 Å². The summed E-state index contributed by atoms with van der Waals surface area (Å²) in [4.78, 5) is 9.69. The van der Waals surface area contributed by atoms with Gasteiger partial charge in [0.15, 0.2) is 5.96 Å². The number of aryl methyl sites for hydroxylation is 1. The Morgan fingerprint density at radius 1 is 1.00 bits per heavy atom. The molecule has 1 aromatic carbocycles. The third-order valence-corrected chi connectivity index (χ3v) is 6.33. The first kappa shape index (κ1) is 23.4. The van der Waals surface area contributed by atoms with Crippen LogP contribution in [0.3, 0.4) is 0 Å². The lowest BCUT2D eigenvalue weighted by Crippen LogP contribution is -2.62. The molecule has 0 spiro atoms. The van der Waals surface area contributed by atoms with Crippen LogP contribution >= 0.6 is 24.0 Å². The number of halogens is 1. The molecule has 0 radical (unpaired) electrons. The highest BCUT2D eigenvalue weighted by atomic mass is 127. The maximum Gasteiger partial charge on any atom is 0.191 e. The van der Waals surface area contributed by atoms with Crippen LogP contribution in [0.5, 0.6) is 0 Å². The maximum atomic E-state index is 4.46. The van der Waals surface area contributed by atoms with Crippen molar-refractivity contribution in [2.24, 2.45) is 4.99 Å². The minimum Gasteiger partial charge on any atom is -0.355 e. The van der Waals surface area contributed by atoms with E-state index in [-0.39, 0.29) is 29.5 Å². The molecule has 5 nitrogen and oxygen atoms in total. The van der Waals surface area contributed by atoms with Crippen LogP contribution in [0.4, 0.5) is 0 Å². The van der Waals surface area contributed by atoms with Crippen molar-refractivity contribution in [3.63, 3.8) is 0 Å².